The summed E-state index contributed by atoms with van der Waals surface area (Å²) in [5.74, 6) is 0.531. The molecular formula is C11H13NO3. The van der Waals surface area contributed by atoms with E-state index in [2.05, 4.69) is 0 Å². The number of ether oxygens (including phenoxy) is 1. The topological polar surface area (TPSA) is 49.8 Å². The number of amides is 1. The molecule has 1 atom stereocenters. The third-order valence-corrected chi connectivity index (χ3v) is 2.37. The highest BCUT2D eigenvalue weighted by molar-refractivity contribution is 5.71. The van der Waals surface area contributed by atoms with Crippen LogP contribution in [0.2, 0.25) is 0 Å². The smallest absolute Gasteiger partial charge is 0.410 e. The van der Waals surface area contributed by atoms with Crippen LogP contribution in [0.4, 0.5) is 4.79 Å². The van der Waals surface area contributed by atoms with E-state index in [1.165, 1.54) is 4.90 Å². The average molecular weight is 207 g/mol. The summed E-state index contributed by atoms with van der Waals surface area (Å²) in [5.41, 5.74) is 0. The zero-order valence-corrected chi connectivity index (χ0v) is 8.30. The zero-order chi connectivity index (χ0) is 10.7. The molecule has 1 heterocycles. The number of hydrogen-bond acceptors (Lipinski definition) is 3. The van der Waals surface area contributed by atoms with E-state index in [4.69, 9.17) is 4.74 Å². The predicted octanol–water partition coefficient (Wildman–Crippen LogP) is 1.25. The third kappa shape index (κ3) is 2.47. The van der Waals surface area contributed by atoms with Gasteiger partial charge in [-0.2, -0.15) is 0 Å². The number of benzene rings is 1. The molecule has 4 nitrogen and oxygen atoms in total. The quantitative estimate of drug-likeness (QED) is 0.754. The first-order chi connectivity index (χ1) is 7.25. The van der Waals surface area contributed by atoms with E-state index in [1.54, 1.807) is 24.3 Å². The highest BCUT2D eigenvalue weighted by Gasteiger charge is 2.25. The standard InChI is InChI=1S/C11H13NO3/c13-9-6-7-12(8-9)11(14)15-10-4-2-1-3-5-10/h1-5,9,13H,6-8H2/t9-/m0/s1. The van der Waals surface area contributed by atoms with E-state index in [1.807, 2.05) is 6.07 Å². The van der Waals surface area contributed by atoms with Gasteiger partial charge in [-0.05, 0) is 18.6 Å². The van der Waals surface area contributed by atoms with Crippen molar-refractivity contribution in [2.75, 3.05) is 13.1 Å². The summed E-state index contributed by atoms with van der Waals surface area (Å²) >= 11 is 0. The van der Waals surface area contributed by atoms with Crippen LogP contribution in [0.3, 0.4) is 0 Å². The molecule has 0 saturated carbocycles. The number of hydrogen-bond donors (Lipinski definition) is 1. The Bertz CT molecular complexity index is 339. The molecular weight excluding hydrogens is 194 g/mol. The fourth-order valence-electron chi connectivity index (χ4n) is 1.56. The monoisotopic (exact) mass is 207 g/mol. The van der Waals surface area contributed by atoms with Crippen LogP contribution < -0.4 is 4.74 Å². The maximum atomic E-state index is 11.6. The Balaban J connectivity index is 1.93. The molecule has 0 spiro atoms. The van der Waals surface area contributed by atoms with Gasteiger partial charge in [-0.3, -0.25) is 0 Å². The zero-order valence-electron chi connectivity index (χ0n) is 8.30. The van der Waals surface area contributed by atoms with Gasteiger partial charge in [0.25, 0.3) is 0 Å². The van der Waals surface area contributed by atoms with E-state index in [-0.39, 0.29) is 0 Å². The van der Waals surface area contributed by atoms with Crippen LogP contribution in [0, 0.1) is 0 Å². The molecule has 0 radical (unpaired) electrons. The fourth-order valence-corrected chi connectivity index (χ4v) is 1.56. The summed E-state index contributed by atoms with van der Waals surface area (Å²) in [4.78, 5) is 13.1. The number of rotatable bonds is 1. The molecule has 4 heteroatoms. The maximum Gasteiger partial charge on any atom is 0.415 e. The van der Waals surface area contributed by atoms with Crippen LogP contribution in [0.5, 0.6) is 5.75 Å². The van der Waals surface area contributed by atoms with Crippen LogP contribution in [0.1, 0.15) is 6.42 Å². The molecule has 80 valence electrons. The summed E-state index contributed by atoms with van der Waals surface area (Å²) in [6, 6.07) is 8.93. The second kappa shape index (κ2) is 4.31. The Morgan fingerprint density at radius 2 is 2.13 bits per heavy atom. The molecule has 1 fully saturated rings. The number of likely N-dealkylation sites (tertiary alicyclic amines) is 1. The van der Waals surface area contributed by atoms with Crippen molar-refractivity contribution in [3.05, 3.63) is 30.3 Å². The Hall–Kier alpha value is -1.55. The number of carbonyl (C=O) groups is 1. The van der Waals surface area contributed by atoms with E-state index >= 15 is 0 Å². The predicted molar refractivity (Wildman–Crippen MR) is 54.7 cm³/mol. The maximum absolute atomic E-state index is 11.6. The minimum Gasteiger partial charge on any atom is -0.410 e. The fraction of sp³-hybridized carbons (Fsp3) is 0.364. The lowest BCUT2D eigenvalue weighted by atomic mass is 10.3. The van der Waals surface area contributed by atoms with E-state index < -0.39 is 12.2 Å². The van der Waals surface area contributed by atoms with Crippen molar-refractivity contribution >= 4 is 6.09 Å². The first-order valence-corrected chi connectivity index (χ1v) is 4.95. The molecule has 1 N–H and O–H groups in total. The first kappa shape index (κ1) is 9.98. The third-order valence-electron chi connectivity index (χ3n) is 2.37. The van der Waals surface area contributed by atoms with Crippen LogP contribution in [0.25, 0.3) is 0 Å². The van der Waals surface area contributed by atoms with Gasteiger partial charge in [0, 0.05) is 13.1 Å². The summed E-state index contributed by atoms with van der Waals surface area (Å²) < 4.78 is 5.12. The molecule has 1 saturated heterocycles. The lowest BCUT2D eigenvalue weighted by Crippen LogP contribution is -2.32. The molecule has 0 aromatic heterocycles. The summed E-state index contributed by atoms with van der Waals surface area (Å²) in [6.45, 7) is 0.929. The highest BCUT2D eigenvalue weighted by atomic mass is 16.6. The minimum absolute atomic E-state index is 0.367. The Morgan fingerprint density at radius 3 is 2.73 bits per heavy atom. The first-order valence-electron chi connectivity index (χ1n) is 4.95. The molecule has 1 aromatic carbocycles. The highest BCUT2D eigenvalue weighted by Crippen LogP contribution is 2.14. The van der Waals surface area contributed by atoms with Gasteiger partial charge in [0.15, 0.2) is 0 Å². The van der Waals surface area contributed by atoms with Crippen molar-refractivity contribution < 1.29 is 14.6 Å². The molecule has 1 amide bonds. The minimum atomic E-state index is -0.409. The van der Waals surface area contributed by atoms with E-state index in [0.29, 0.717) is 25.3 Å². The number of aliphatic hydroxyl groups is 1. The lowest BCUT2D eigenvalue weighted by molar-refractivity contribution is 0.145. The number of β-amino-alcohol motifs (C(OH)–C–C–N with tert-alkyl or cyclic N) is 1. The molecule has 0 bridgehead atoms. The van der Waals surface area contributed by atoms with Crippen molar-refractivity contribution in [3.8, 4) is 5.75 Å². The van der Waals surface area contributed by atoms with E-state index in [0.717, 1.165) is 0 Å². The van der Waals surface area contributed by atoms with E-state index in [9.17, 15) is 9.90 Å². The average Bonchev–Trinajstić information content (AvgIpc) is 2.66. The van der Waals surface area contributed by atoms with Gasteiger partial charge in [0.1, 0.15) is 5.75 Å². The van der Waals surface area contributed by atoms with Crippen LogP contribution >= 0.6 is 0 Å². The van der Waals surface area contributed by atoms with Crippen molar-refractivity contribution in [2.24, 2.45) is 0 Å². The van der Waals surface area contributed by atoms with Gasteiger partial charge < -0.3 is 14.7 Å². The molecule has 0 unspecified atom stereocenters. The van der Waals surface area contributed by atoms with Gasteiger partial charge in [-0.1, -0.05) is 18.2 Å². The Labute approximate surface area is 88.1 Å². The van der Waals surface area contributed by atoms with Gasteiger partial charge in [0.05, 0.1) is 6.10 Å². The van der Waals surface area contributed by atoms with Gasteiger partial charge in [0.2, 0.25) is 0 Å². The van der Waals surface area contributed by atoms with Crippen LogP contribution in [0.15, 0.2) is 30.3 Å². The molecule has 15 heavy (non-hydrogen) atoms. The van der Waals surface area contributed by atoms with Crippen molar-refractivity contribution in [1.29, 1.82) is 0 Å². The van der Waals surface area contributed by atoms with Crippen molar-refractivity contribution in [3.63, 3.8) is 0 Å². The molecule has 1 aliphatic rings. The van der Waals surface area contributed by atoms with Crippen LogP contribution in [-0.4, -0.2) is 35.3 Å². The molecule has 1 aliphatic heterocycles. The summed E-state index contributed by atoms with van der Waals surface area (Å²) in [7, 11) is 0. The van der Waals surface area contributed by atoms with Gasteiger partial charge >= 0.3 is 6.09 Å². The van der Waals surface area contributed by atoms with Gasteiger partial charge in [-0.15, -0.1) is 0 Å². The summed E-state index contributed by atoms with van der Waals surface area (Å²) in [5, 5.41) is 9.27. The normalized spacial score (nSPS) is 20.3. The molecule has 1 aromatic rings. The molecule has 0 aliphatic carbocycles. The number of para-hydroxylation sites is 1. The largest absolute Gasteiger partial charge is 0.415 e. The van der Waals surface area contributed by atoms with Gasteiger partial charge in [-0.25, -0.2) is 4.79 Å². The second-order valence-corrected chi connectivity index (χ2v) is 3.57. The van der Waals surface area contributed by atoms with Crippen LogP contribution in [-0.2, 0) is 0 Å². The molecule has 2 rings (SSSR count). The number of aliphatic hydroxyl groups excluding tert-OH is 1. The van der Waals surface area contributed by atoms with Crippen molar-refractivity contribution in [2.45, 2.75) is 12.5 Å². The summed E-state index contributed by atoms with van der Waals surface area (Å²) in [6.07, 6.45) is -0.171. The van der Waals surface area contributed by atoms with Crippen molar-refractivity contribution in [1.82, 2.24) is 4.90 Å². The lowest BCUT2D eigenvalue weighted by Gasteiger charge is -2.14. The Morgan fingerprint density at radius 1 is 1.40 bits per heavy atom. The SMILES string of the molecule is O=C(Oc1ccccc1)N1CC[C@H](O)C1. The number of nitrogens with zero attached hydrogens (tertiary/aromatic N) is 1. The number of carbonyl (C=O) groups excluding carboxylic acids is 1. The Kier molecular flexibility index (Phi) is 2.87. The second-order valence-electron chi connectivity index (χ2n) is 3.57.